The topological polar surface area (TPSA) is 46.2 Å². The van der Waals surface area contributed by atoms with Crippen molar-refractivity contribution in [2.24, 2.45) is 0 Å². The summed E-state index contributed by atoms with van der Waals surface area (Å²) >= 11 is 3.31. The van der Waals surface area contributed by atoms with Crippen LogP contribution in [0.2, 0.25) is 0 Å². The van der Waals surface area contributed by atoms with Gasteiger partial charge in [0, 0.05) is 10.5 Å². The molecule has 0 spiro atoms. The molecule has 20 heavy (non-hydrogen) atoms. The van der Waals surface area contributed by atoms with Crippen LogP contribution in [0, 0.1) is 0 Å². The van der Waals surface area contributed by atoms with E-state index in [0.717, 1.165) is 10.0 Å². The number of benzene rings is 2. The van der Waals surface area contributed by atoms with Crippen LogP contribution in [-0.2, 0) is 9.84 Å². The molecule has 0 aliphatic heterocycles. The fourth-order valence-corrected chi connectivity index (χ4v) is 3.79. The quantitative estimate of drug-likeness (QED) is 0.897. The van der Waals surface area contributed by atoms with Crippen LogP contribution >= 0.6 is 15.9 Å². The molecule has 0 saturated carbocycles. The lowest BCUT2D eigenvalue weighted by molar-refractivity contribution is 0.574. The summed E-state index contributed by atoms with van der Waals surface area (Å²) in [5, 5.41) is 3.07. The summed E-state index contributed by atoms with van der Waals surface area (Å²) in [6.07, 6.45) is 0. The lowest BCUT2D eigenvalue weighted by Gasteiger charge is -2.16. The fraction of sp³-hybridized carbons (Fsp3) is 0.200. The molecule has 0 aliphatic carbocycles. The Balaban J connectivity index is 2.24. The average Bonchev–Trinajstić information content (AvgIpc) is 2.46. The van der Waals surface area contributed by atoms with Crippen LogP contribution in [0.4, 0.5) is 0 Å². The third kappa shape index (κ3) is 3.69. The third-order valence-electron chi connectivity index (χ3n) is 3.11. The van der Waals surface area contributed by atoms with Gasteiger partial charge in [0.2, 0.25) is 0 Å². The highest BCUT2D eigenvalue weighted by Crippen LogP contribution is 2.21. The van der Waals surface area contributed by atoms with Crippen LogP contribution in [0.15, 0.2) is 64.0 Å². The van der Waals surface area contributed by atoms with Crippen molar-refractivity contribution in [2.45, 2.75) is 10.9 Å². The second kappa shape index (κ2) is 6.52. The highest BCUT2D eigenvalue weighted by Gasteiger charge is 2.21. The first-order valence-electron chi connectivity index (χ1n) is 6.23. The lowest BCUT2D eigenvalue weighted by Crippen LogP contribution is -2.25. The monoisotopic (exact) mass is 353 g/mol. The Morgan fingerprint density at radius 2 is 1.65 bits per heavy atom. The van der Waals surface area contributed by atoms with Crippen LogP contribution in [-0.4, -0.2) is 21.2 Å². The van der Waals surface area contributed by atoms with E-state index in [4.69, 9.17) is 0 Å². The highest BCUT2D eigenvalue weighted by atomic mass is 79.9. The lowest BCUT2D eigenvalue weighted by atomic mass is 10.1. The molecule has 2 aromatic carbocycles. The van der Waals surface area contributed by atoms with E-state index in [-0.39, 0.29) is 11.8 Å². The molecule has 1 unspecified atom stereocenters. The average molecular weight is 354 g/mol. The van der Waals surface area contributed by atoms with E-state index in [1.54, 1.807) is 31.3 Å². The Morgan fingerprint density at radius 1 is 1.05 bits per heavy atom. The van der Waals surface area contributed by atoms with E-state index in [1.165, 1.54) is 0 Å². The molecule has 1 N–H and O–H groups in total. The van der Waals surface area contributed by atoms with E-state index in [1.807, 2.05) is 30.3 Å². The molecule has 2 aromatic rings. The number of hydrogen-bond acceptors (Lipinski definition) is 3. The predicted molar refractivity (Wildman–Crippen MR) is 84.4 cm³/mol. The van der Waals surface area contributed by atoms with Crippen molar-refractivity contribution in [2.75, 3.05) is 12.8 Å². The molecule has 5 heteroatoms. The van der Waals surface area contributed by atoms with Gasteiger partial charge in [-0.1, -0.05) is 46.3 Å². The van der Waals surface area contributed by atoms with Gasteiger partial charge in [-0.3, -0.25) is 0 Å². The van der Waals surface area contributed by atoms with Crippen LogP contribution < -0.4 is 5.32 Å². The van der Waals surface area contributed by atoms with Crippen molar-refractivity contribution in [3.8, 4) is 0 Å². The normalized spacial score (nSPS) is 13.1. The SMILES string of the molecule is CNC(CS(=O)(=O)c1ccc(Br)cc1)c1ccccc1. The first-order valence-corrected chi connectivity index (χ1v) is 8.68. The molecule has 2 rings (SSSR count). The molecule has 0 radical (unpaired) electrons. The highest BCUT2D eigenvalue weighted by molar-refractivity contribution is 9.10. The van der Waals surface area contributed by atoms with Gasteiger partial charge in [-0.25, -0.2) is 8.42 Å². The molecule has 3 nitrogen and oxygen atoms in total. The van der Waals surface area contributed by atoms with Crippen molar-refractivity contribution in [3.05, 3.63) is 64.6 Å². The fourth-order valence-electron chi connectivity index (χ4n) is 1.99. The van der Waals surface area contributed by atoms with E-state index in [9.17, 15) is 8.42 Å². The summed E-state index contributed by atoms with van der Waals surface area (Å²) in [4.78, 5) is 0.344. The Labute approximate surface area is 128 Å². The van der Waals surface area contributed by atoms with Gasteiger partial charge in [0.25, 0.3) is 0 Å². The maximum absolute atomic E-state index is 12.4. The standard InChI is InChI=1S/C15H16BrNO2S/c1-17-15(12-5-3-2-4-6-12)11-20(18,19)14-9-7-13(16)8-10-14/h2-10,15,17H,11H2,1H3. The van der Waals surface area contributed by atoms with Gasteiger partial charge in [-0.2, -0.15) is 0 Å². The minimum absolute atomic E-state index is 0.0369. The number of hydrogen-bond donors (Lipinski definition) is 1. The Kier molecular flexibility index (Phi) is 4.96. The molecule has 0 aliphatic rings. The molecule has 1 atom stereocenters. The van der Waals surface area contributed by atoms with Crippen LogP contribution in [0.25, 0.3) is 0 Å². The molecule has 0 bridgehead atoms. The summed E-state index contributed by atoms with van der Waals surface area (Å²) in [6.45, 7) is 0. The van der Waals surface area contributed by atoms with E-state index >= 15 is 0 Å². The number of nitrogens with one attached hydrogen (secondary N) is 1. The third-order valence-corrected chi connectivity index (χ3v) is 5.40. The summed E-state index contributed by atoms with van der Waals surface area (Å²) in [6, 6.07) is 16.1. The van der Waals surface area contributed by atoms with E-state index in [2.05, 4.69) is 21.2 Å². The van der Waals surface area contributed by atoms with Gasteiger partial charge in [0.1, 0.15) is 0 Å². The van der Waals surface area contributed by atoms with Crippen LogP contribution in [0.1, 0.15) is 11.6 Å². The molecule has 0 heterocycles. The largest absolute Gasteiger partial charge is 0.312 e. The van der Waals surface area contributed by atoms with Crippen LogP contribution in [0.3, 0.4) is 0 Å². The van der Waals surface area contributed by atoms with Crippen molar-refractivity contribution in [1.29, 1.82) is 0 Å². The Hall–Kier alpha value is -1.17. The first kappa shape index (κ1) is 15.2. The Bertz CT molecular complexity index is 654. The molecule has 106 valence electrons. The zero-order chi connectivity index (χ0) is 14.6. The molecular formula is C15H16BrNO2S. The molecule has 0 saturated heterocycles. The maximum atomic E-state index is 12.4. The van der Waals surface area contributed by atoms with Gasteiger partial charge in [-0.15, -0.1) is 0 Å². The molecular weight excluding hydrogens is 338 g/mol. The first-order chi connectivity index (χ1) is 9.53. The van der Waals surface area contributed by atoms with Crippen LogP contribution in [0.5, 0.6) is 0 Å². The second-order valence-corrected chi connectivity index (χ2v) is 7.44. The zero-order valence-electron chi connectivity index (χ0n) is 11.1. The number of halogens is 1. The summed E-state index contributed by atoms with van der Waals surface area (Å²) in [5.74, 6) is 0.0369. The number of rotatable bonds is 5. The summed E-state index contributed by atoms with van der Waals surface area (Å²) in [5.41, 5.74) is 0.968. The number of sulfone groups is 1. The van der Waals surface area contributed by atoms with Crippen molar-refractivity contribution < 1.29 is 8.42 Å². The van der Waals surface area contributed by atoms with Gasteiger partial charge in [0.05, 0.1) is 10.6 Å². The van der Waals surface area contributed by atoms with E-state index in [0.29, 0.717) is 4.90 Å². The minimum Gasteiger partial charge on any atom is -0.312 e. The van der Waals surface area contributed by atoms with Gasteiger partial charge in [-0.05, 0) is 36.9 Å². The minimum atomic E-state index is -3.32. The summed E-state index contributed by atoms with van der Waals surface area (Å²) < 4.78 is 25.7. The van der Waals surface area contributed by atoms with Gasteiger partial charge < -0.3 is 5.32 Å². The summed E-state index contributed by atoms with van der Waals surface area (Å²) in [7, 11) is -1.55. The van der Waals surface area contributed by atoms with Crippen molar-refractivity contribution in [1.82, 2.24) is 5.32 Å². The maximum Gasteiger partial charge on any atom is 0.180 e. The predicted octanol–water partition coefficient (Wildman–Crippen LogP) is 3.18. The van der Waals surface area contributed by atoms with Crippen molar-refractivity contribution >= 4 is 25.8 Å². The van der Waals surface area contributed by atoms with E-state index < -0.39 is 9.84 Å². The molecule has 0 aromatic heterocycles. The van der Waals surface area contributed by atoms with Gasteiger partial charge in [0.15, 0.2) is 9.84 Å². The molecule has 0 amide bonds. The molecule has 0 fully saturated rings. The second-order valence-electron chi connectivity index (χ2n) is 4.49. The Morgan fingerprint density at radius 3 is 2.20 bits per heavy atom. The smallest absolute Gasteiger partial charge is 0.180 e. The van der Waals surface area contributed by atoms with Gasteiger partial charge >= 0.3 is 0 Å². The van der Waals surface area contributed by atoms with Crippen molar-refractivity contribution in [3.63, 3.8) is 0 Å². The zero-order valence-corrected chi connectivity index (χ0v) is 13.5.